The number of esters is 1. The predicted molar refractivity (Wildman–Crippen MR) is 356 cm³/mol. The van der Waals surface area contributed by atoms with Gasteiger partial charge in [0.15, 0.2) is 12.4 Å². The van der Waals surface area contributed by atoms with E-state index in [2.05, 4.69) is 148 Å². The summed E-state index contributed by atoms with van der Waals surface area (Å²) in [6, 6.07) is -1.05. The molecule has 0 aromatic heterocycles. The molecule has 6 N–H and O–H groups in total. The third kappa shape index (κ3) is 47.5. The van der Waals surface area contributed by atoms with E-state index in [0.717, 1.165) is 141 Å². The van der Waals surface area contributed by atoms with Gasteiger partial charge in [0, 0.05) is 6.42 Å². The molecule has 0 bridgehead atoms. The fourth-order valence-corrected chi connectivity index (χ4v) is 9.76. The Morgan fingerprint density at radius 2 is 0.847 bits per heavy atom. The van der Waals surface area contributed by atoms with E-state index in [9.17, 15) is 35.1 Å². The van der Waals surface area contributed by atoms with E-state index in [1.54, 1.807) is 6.08 Å². The van der Waals surface area contributed by atoms with Crippen LogP contribution in [-0.4, -0.2) is 99.6 Å². The SMILES string of the molecule is CC/C=C\C/C=C\C/C=C\C/C=C\C/C=C\CCCCCCCCCCC(O)C(=O)NC(COC1OC(CO)C(O)C(O)C1OC(=O)CCCCC/C=C\C/C=C\C/C=C\C/C=C\C/C=C\CC)C(O)/C=C/CCCCCCCCCCCCC. The van der Waals surface area contributed by atoms with Crippen LogP contribution >= 0.6 is 0 Å². The third-order valence-corrected chi connectivity index (χ3v) is 15.0. The fraction of sp³-hybridized carbons (Fsp3) is 0.676. The molecule has 0 spiro atoms. The van der Waals surface area contributed by atoms with Gasteiger partial charge in [-0.05, 0) is 116 Å². The molecule has 1 rings (SSSR count). The lowest BCUT2D eigenvalue weighted by atomic mass is 9.99. The zero-order chi connectivity index (χ0) is 61.7. The molecular weight excluding hydrogens is 1060 g/mol. The minimum absolute atomic E-state index is 0.0767. The Labute approximate surface area is 518 Å². The first-order chi connectivity index (χ1) is 41.7. The number of hydrogen-bond donors (Lipinski definition) is 6. The Kier molecular flexibility index (Phi) is 55.7. The third-order valence-electron chi connectivity index (χ3n) is 15.0. The number of carbonyl (C=O) groups excluding carboxylic acids is 2. The van der Waals surface area contributed by atoms with Crippen molar-refractivity contribution in [2.45, 2.75) is 307 Å². The lowest BCUT2D eigenvalue weighted by Crippen LogP contribution is -2.61. The van der Waals surface area contributed by atoms with Crippen molar-refractivity contribution in [1.29, 1.82) is 0 Å². The van der Waals surface area contributed by atoms with Gasteiger partial charge >= 0.3 is 5.97 Å². The molecule has 1 amide bonds. The van der Waals surface area contributed by atoms with Crippen LogP contribution in [0.4, 0.5) is 0 Å². The highest BCUT2D eigenvalue weighted by atomic mass is 16.7. The van der Waals surface area contributed by atoms with E-state index < -0.39 is 67.4 Å². The van der Waals surface area contributed by atoms with Crippen molar-refractivity contribution in [2.24, 2.45) is 0 Å². The summed E-state index contributed by atoms with van der Waals surface area (Å²) in [5, 5.41) is 57.2. The average Bonchev–Trinajstić information content (AvgIpc) is 3.17. The van der Waals surface area contributed by atoms with Gasteiger partial charge in [-0.15, -0.1) is 0 Å². The standard InChI is InChI=1S/C74H123NO10/c1-4-7-10-13-16-19-22-25-27-29-31-32-33-34-35-37-38-40-43-46-49-52-55-58-61-67(78)73(82)75-65(66(77)60-57-54-51-48-45-42-24-21-18-15-12-9-6-3)64-83-74-72(71(81)70(80)68(63-76)84-74)85-69(79)62-59-56-53-50-47-44-41-39-36-30-28-26-23-20-17-14-11-8-5-2/h7-8,10-11,16-17,19-20,25-28,31-32,34-36,39,44,47,57,60,65-68,70-72,74,76-78,80-81H,4-6,9,12-15,18,21-24,29-30,33,37-38,40-43,45-46,48-56,58-59,61-64H2,1-3H3,(H,75,82)/b10-7-,11-8-,19-16-,20-17-,27-25-,28-26-,32-31-,35-34-,39-36-,47-44-,60-57+. The first-order valence-corrected chi connectivity index (χ1v) is 34.0. The van der Waals surface area contributed by atoms with Crippen LogP contribution in [0, 0.1) is 0 Å². The lowest BCUT2D eigenvalue weighted by molar-refractivity contribution is -0.305. The number of aliphatic hydroxyl groups excluding tert-OH is 5. The Balaban J connectivity index is 2.66. The molecule has 1 saturated heterocycles. The summed E-state index contributed by atoms with van der Waals surface area (Å²) < 4.78 is 17.6. The Bertz CT molecular complexity index is 1890. The minimum atomic E-state index is -1.64. The molecule has 1 fully saturated rings. The van der Waals surface area contributed by atoms with E-state index in [-0.39, 0.29) is 19.4 Å². The van der Waals surface area contributed by atoms with Gasteiger partial charge in [0.2, 0.25) is 5.91 Å². The summed E-state index contributed by atoms with van der Waals surface area (Å²) in [5.41, 5.74) is 0. The number of carbonyl (C=O) groups is 2. The van der Waals surface area contributed by atoms with Gasteiger partial charge in [-0.1, -0.05) is 270 Å². The number of nitrogens with one attached hydrogen (secondary N) is 1. The molecule has 1 aliphatic rings. The Morgan fingerprint density at radius 3 is 1.27 bits per heavy atom. The van der Waals surface area contributed by atoms with Crippen LogP contribution in [-0.2, 0) is 23.8 Å². The van der Waals surface area contributed by atoms with Crippen LogP contribution in [0.1, 0.15) is 258 Å². The van der Waals surface area contributed by atoms with Gasteiger partial charge in [-0.25, -0.2) is 0 Å². The molecule has 0 saturated carbocycles. The summed E-state index contributed by atoms with van der Waals surface area (Å²) in [5.74, 6) is -1.24. The molecule has 8 atom stereocenters. The van der Waals surface area contributed by atoms with Crippen LogP contribution < -0.4 is 5.32 Å². The lowest BCUT2D eigenvalue weighted by Gasteiger charge is -2.41. The summed E-state index contributed by atoms with van der Waals surface area (Å²) in [6.07, 6.45) is 74.8. The number of amides is 1. The van der Waals surface area contributed by atoms with Crippen molar-refractivity contribution in [3.63, 3.8) is 0 Å². The topological polar surface area (TPSA) is 175 Å². The van der Waals surface area contributed by atoms with Gasteiger partial charge in [-0.3, -0.25) is 9.59 Å². The normalized spacial score (nSPS) is 19.3. The molecule has 484 valence electrons. The van der Waals surface area contributed by atoms with E-state index in [4.69, 9.17) is 14.2 Å². The second-order valence-corrected chi connectivity index (χ2v) is 22.8. The summed E-state index contributed by atoms with van der Waals surface area (Å²) in [7, 11) is 0. The van der Waals surface area contributed by atoms with Crippen molar-refractivity contribution in [1.82, 2.24) is 5.32 Å². The zero-order valence-corrected chi connectivity index (χ0v) is 53.7. The number of allylic oxidation sites excluding steroid dienone is 21. The van der Waals surface area contributed by atoms with Gasteiger partial charge in [0.1, 0.15) is 24.4 Å². The molecule has 0 aromatic rings. The minimum Gasteiger partial charge on any atom is -0.454 e. The zero-order valence-electron chi connectivity index (χ0n) is 53.7. The molecule has 8 unspecified atom stereocenters. The van der Waals surface area contributed by atoms with Crippen molar-refractivity contribution in [3.8, 4) is 0 Å². The summed E-state index contributed by atoms with van der Waals surface area (Å²) >= 11 is 0. The highest BCUT2D eigenvalue weighted by Crippen LogP contribution is 2.26. The maximum absolute atomic E-state index is 13.5. The van der Waals surface area contributed by atoms with E-state index in [0.29, 0.717) is 12.8 Å². The first-order valence-electron chi connectivity index (χ1n) is 34.0. The first kappa shape index (κ1) is 78.8. The number of rotatable bonds is 56. The Morgan fingerprint density at radius 1 is 0.471 bits per heavy atom. The molecular formula is C74H123NO10. The maximum atomic E-state index is 13.5. The highest BCUT2D eigenvalue weighted by molar-refractivity contribution is 5.80. The van der Waals surface area contributed by atoms with Crippen LogP contribution in [0.3, 0.4) is 0 Å². The van der Waals surface area contributed by atoms with E-state index in [1.165, 1.54) is 70.6 Å². The molecule has 0 aromatic carbocycles. The second-order valence-electron chi connectivity index (χ2n) is 22.8. The van der Waals surface area contributed by atoms with Crippen molar-refractivity contribution in [3.05, 3.63) is 134 Å². The largest absolute Gasteiger partial charge is 0.454 e. The second kappa shape index (κ2) is 60.1. The van der Waals surface area contributed by atoms with Gasteiger partial charge in [-0.2, -0.15) is 0 Å². The van der Waals surface area contributed by atoms with Gasteiger partial charge in [0.05, 0.1) is 25.4 Å². The number of ether oxygens (including phenoxy) is 3. The summed E-state index contributed by atoms with van der Waals surface area (Å²) in [4.78, 5) is 26.6. The quantitative estimate of drug-likeness (QED) is 0.0195. The van der Waals surface area contributed by atoms with Crippen molar-refractivity contribution < 1.29 is 49.3 Å². The molecule has 1 aliphatic heterocycles. The maximum Gasteiger partial charge on any atom is 0.306 e. The van der Waals surface area contributed by atoms with Gasteiger partial charge in [0.25, 0.3) is 0 Å². The highest BCUT2D eigenvalue weighted by Gasteiger charge is 2.47. The molecule has 11 nitrogen and oxygen atoms in total. The predicted octanol–water partition coefficient (Wildman–Crippen LogP) is 17.2. The Hall–Kier alpha value is -4.20. The smallest absolute Gasteiger partial charge is 0.306 e. The number of hydrogen-bond acceptors (Lipinski definition) is 10. The van der Waals surface area contributed by atoms with E-state index in [1.807, 2.05) is 6.08 Å². The van der Waals surface area contributed by atoms with Crippen LogP contribution in [0.25, 0.3) is 0 Å². The number of aliphatic hydroxyl groups is 5. The van der Waals surface area contributed by atoms with Crippen molar-refractivity contribution >= 4 is 11.9 Å². The molecule has 85 heavy (non-hydrogen) atoms. The monoisotopic (exact) mass is 1190 g/mol. The van der Waals surface area contributed by atoms with Crippen LogP contribution in [0.5, 0.6) is 0 Å². The molecule has 0 aliphatic carbocycles. The number of unbranched alkanes of at least 4 members (excludes halogenated alkanes) is 22. The average molecular weight is 1190 g/mol. The molecule has 0 radical (unpaired) electrons. The van der Waals surface area contributed by atoms with Gasteiger partial charge < -0.3 is 45.1 Å². The van der Waals surface area contributed by atoms with E-state index >= 15 is 0 Å². The van der Waals surface area contributed by atoms with Crippen molar-refractivity contribution in [2.75, 3.05) is 13.2 Å². The molecule has 1 heterocycles. The van der Waals surface area contributed by atoms with Crippen LogP contribution in [0.15, 0.2) is 134 Å². The van der Waals surface area contributed by atoms with Crippen LogP contribution in [0.2, 0.25) is 0 Å². The summed E-state index contributed by atoms with van der Waals surface area (Å²) in [6.45, 7) is 5.55. The molecule has 11 heteroatoms. The fourth-order valence-electron chi connectivity index (χ4n) is 9.76.